The Kier molecular flexibility index (Phi) is 1.66. The third kappa shape index (κ3) is 1.22. The normalized spacial score (nSPS) is 10.2. The molecule has 0 bridgehead atoms. The molecule has 0 saturated carbocycles. The predicted octanol–water partition coefficient (Wildman–Crippen LogP) is 1.19. The number of benzene rings is 1. The van der Waals surface area contributed by atoms with Crippen molar-refractivity contribution in [3.63, 3.8) is 0 Å². The molecule has 1 heterocycles. The Morgan fingerprint density at radius 3 is 2.77 bits per heavy atom. The Bertz CT molecular complexity index is 467. The van der Waals surface area contributed by atoms with Crippen LogP contribution < -0.4 is 0 Å². The van der Waals surface area contributed by atoms with Crippen LogP contribution in [0.15, 0.2) is 18.2 Å². The van der Waals surface area contributed by atoms with Gasteiger partial charge in [0.1, 0.15) is 6.29 Å². The lowest BCUT2D eigenvalue weighted by Gasteiger charge is -1.88. The van der Waals surface area contributed by atoms with E-state index in [1.807, 2.05) is 0 Å². The zero-order valence-electron chi connectivity index (χ0n) is 6.65. The molecule has 0 amide bonds. The Morgan fingerprint density at radius 1 is 1.23 bits per heavy atom. The van der Waals surface area contributed by atoms with Gasteiger partial charge >= 0.3 is 0 Å². The minimum atomic E-state index is 0.276. The number of carbonyl (C=O) groups excluding carboxylic acids is 2. The fourth-order valence-electron chi connectivity index (χ4n) is 1.18. The third-order valence-electron chi connectivity index (χ3n) is 1.77. The number of aldehydes is 2. The highest BCUT2D eigenvalue weighted by Gasteiger charge is 2.01. The second-order valence-electron chi connectivity index (χ2n) is 2.63. The summed E-state index contributed by atoms with van der Waals surface area (Å²) in [7, 11) is 0. The number of hydrogen-bond acceptors (Lipinski definition) is 3. The summed E-state index contributed by atoms with van der Waals surface area (Å²) >= 11 is 0. The summed E-state index contributed by atoms with van der Waals surface area (Å²) in [5.41, 5.74) is 1.95. The van der Waals surface area contributed by atoms with Gasteiger partial charge in [-0.25, -0.2) is 4.98 Å². The van der Waals surface area contributed by atoms with Crippen LogP contribution in [0.5, 0.6) is 0 Å². The number of fused-ring (bicyclic) bond motifs is 1. The van der Waals surface area contributed by atoms with Gasteiger partial charge in [-0.2, -0.15) is 0 Å². The van der Waals surface area contributed by atoms with Crippen molar-refractivity contribution >= 4 is 23.6 Å². The summed E-state index contributed by atoms with van der Waals surface area (Å²) in [6.07, 6.45) is 1.39. The van der Waals surface area contributed by atoms with Crippen LogP contribution in [0.1, 0.15) is 21.0 Å². The number of aromatic nitrogens is 2. The molecular formula is C9H6N2O2. The summed E-state index contributed by atoms with van der Waals surface area (Å²) < 4.78 is 0. The van der Waals surface area contributed by atoms with Crippen molar-refractivity contribution < 1.29 is 9.59 Å². The fourth-order valence-corrected chi connectivity index (χ4v) is 1.18. The maximum absolute atomic E-state index is 10.4. The topological polar surface area (TPSA) is 62.8 Å². The van der Waals surface area contributed by atoms with Crippen molar-refractivity contribution in [2.75, 3.05) is 0 Å². The Morgan fingerprint density at radius 2 is 2.08 bits per heavy atom. The van der Waals surface area contributed by atoms with Crippen LogP contribution >= 0.6 is 0 Å². The van der Waals surface area contributed by atoms with Gasteiger partial charge in [0.15, 0.2) is 12.1 Å². The smallest absolute Gasteiger partial charge is 0.185 e. The standard InChI is InChI=1S/C9H6N2O2/c12-4-6-1-2-7-8(3-6)11-9(5-13)10-7/h1-5H,(H,10,11). The average molecular weight is 174 g/mol. The van der Waals surface area contributed by atoms with Gasteiger partial charge in [-0.3, -0.25) is 9.59 Å². The molecule has 0 aliphatic carbocycles. The lowest BCUT2D eigenvalue weighted by atomic mass is 10.2. The van der Waals surface area contributed by atoms with E-state index < -0.39 is 0 Å². The Labute approximate surface area is 73.6 Å². The number of aromatic amines is 1. The van der Waals surface area contributed by atoms with Crippen LogP contribution in [0, 0.1) is 0 Å². The number of H-pyrrole nitrogens is 1. The fraction of sp³-hybridized carbons (Fsp3) is 0. The van der Waals surface area contributed by atoms with Crippen molar-refractivity contribution in [1.29, 1.82) is 0 Å². The molecule has 4 nitrogen and oxygen atoms in total. The maximum atomic E-state index is 10.4. The maximum Gasteiger partial charge on any atom is 0.185 e. The van der Waals surface area contributed by atoms with E-state index in [0.29, 0.717) is 22.9 Å². The Hall–Kier alpha value is -1.97. The molecule has 0 aliphatic rings. The van der Waals surface area contributed by atoms with Crippen LogP contribution in [0.2, 0.25) is 0 Å². The number of hydrogen-bond donors (Lipinski definition) is 1. The zero-order chi connectivity index (χ0) is 9.26. The molecule has 0 saturated heterocycles. The summed E-state index contributed by atoms with van der Waals surface area (Å²) in [4.78, 5) is 27.5. The molecule has 1 aromatic carbocycles. The quantitative estimate of drug-likeness (QED) is 0.695. The van der Waals surface area contributed by atoms with Crippen molar-refractivity contribution in [3.05, 3.63) is 29.6 Å². The summed E-state index contributed by atoms with van der Waals surface area (Å²) in [5.74, 6) is 0.276. The molecule has 0 atom stereocenters. The van der Waals surface area contributed by atoms with Gasteiger partial charge in [-0.05, 0) is 18.2 Å². The molecule has 2 rings (SSSR count). The molecule has 0 spiro atoms. The first kappa shape index (κ1) is 7.67. The second-order valence-corrected chi connectivity index (χ2v) is 2.63. The van der Waals surface area contributed by atoms with Crippen LogP contribution in [0.3, 0.4) is 0 Å². The lowest BCUT2D eigenvalue weighted by Crippen LogP contribution is -1.79. The molecule has 64 valence electrons. The highest BCUT2D eigenvalue weighted by Crippen LogP contribution is 2.11. The van der Waals surface area contributed by atoms with Gasteiger partial charge < -0.3 is 4.98 Å². The van der Waals surface area contributed by atoms with Crippen molar-refractivity contribution in [3.8, 4) is 0 Å². The number of nitrogens with one attached hydrogen (secondary N) is 1. The lowest BCUT2D eigenvalue weighted by molar-refractivity contribution is 0.111. The van der Waals surface area contributed by atoms with Gasteiger partial charge in [0.2, 0.25) is 0 Å². The van der Waals surface area contributed by atoms with Gasteiger partial charge in [-0.1, -0.05) is 0 Å². The van der Waals surface area contributed by atoms with E-state index in [1.54, 1.807) is 18.2 Å². The number of carbonyl (C=O) groups is 2. The van der Waals surface area contributed by atoms with Crippen molar-refractivity contribution in [2.45, 2.75) is 0 Å². The van der Waals surface area contributed by atoms with E-state index in [2.05, 4.69) is 9.97 Å². The molecule has 0 aliphatic heterocycles. The molecule has 0 radical (unpaired) electrons. The summed E-state index contributed by atoms with van der Waals surface area (Å²) in [6, 6.07) is 5.01. The largest absolute Gasteiger partial charge is 0.336 e. The molecule has 0 unspecified atom stereocenters. The zero-order valence-corrected chi connectivity index (χ0v) is 6.65. The minimum absolute atomic E-state index is 0.276. The number of imidazole rings is 1. The highest BCUT2D eigenvalue weighted by molar-refractivity contribution is 5.87. The minimum Gasteiger partial charge on any atom is -0.336 e. The van der Waals surface area contributed by atoms with E-state index in [0.717, 1.165) is 6.29 Å². The average Bonchev–Trinajstić information content (AvgIpc) is 2.58. The molecule has 0 fully saturated rings. The van der Waals surface area contributed by atoms with Crippen molar-refractivity contribution in [2.24, 2.45) is 0 Å². The molecule has 1 aromatic heterocycles. The number of rotatable bonds is 2. The molecule has 13 heavy (non-hydrogen) atoms. The molecule has 1 N–H and O–H groups in total. The third-order valence-corrected chi connectivity index (χ3v) is 1.77. The van der Waals surface area contributed by atoms with Crippen LogP contribution in [-0.4, -0.2) is 22.5 Å². The molecule has 4 heteroatoms. The van der Waals surface area contributed by atoms with Crippen LogP contribution in [0.25, 0.3) is 11.0 Å². The van der Waals surface area contributed by atoms with Gasteiger partial charge in [0.05, 0.1) is 11.0 Å². The van der Waals surface area contributed by atoms with Gasteiger partial charge in [-0.15, -0.1) is 0 Å². The van der Waals surface area contributed by atoms with E-state index in [1.165, 1.54) is 0 Å². The summed E-state index contributed by atoms with van der Waals surface area (Å²) in [6.45, 7) is 0. The van der Waals surface area contributed by atoms with E-state index in [-0.39, 0.29) is 5.82 Å². The first-order valence-corrected chi connectivity index (χ1v) is 3.73. The Balaban J connectivity index is 2.69. The summed E-state index contributed by atoms with van der Waals surface area (Å²) in [5, 5.41) is 0. The monoisotopic (exact) mass is 174 g/mol. The highest BCUT2D eigenvalue weighted by atomic mass is 16.1. The second kappa shape index (κ2) is 2.82. The SMILES string of the molecule is O=Cc1ccc2nc(C=O)[nH]c2c1. The first-order chi connectivity index (χ1) is 6.33. The van der Waals surface area contributed by atoms with E-state index >= 15 is 0 Å². The number of nitrogens with zero attached hydrogens (tertiary/aromatic N) is 1. The predicted molar refractivity (Wildman–Crippen MR) is 46.9 cm³/mol. The van der Waals surface area contributed by atoms with Gasteiger partial charge in [0.25, 0.3) is 0 Å². The van der Waals surface area contributed by atoms with Crippen molar-refractivity contribution in [1.82, 2.24) is 9.97 Å². The van der Waals surface area contributed by atoms with E-state index in [4.69, 9.17) is 0 Å². The van der Waals surface area contributed by atoms with E-state index in [9.17, 15) is 9.59 Å². The van der Waals surface area contributed by atoms with Crippen LogP contribution in [0.4, 0.5) is 0 Å². The van der Waals surface area contributed by atoms with Gasteiger partial charge in [0, 0.05) is 5.56 Å². The van der Waals surface area contributed by atoms with Crippen LogP contribution in [-0.2, 0) is 0 Å². The molecule has 2 aromatic rings. The molecular weight excluding hydrogens is 168 g/mol. The first-order valence-electron chi connectivity index (χ1n) is 3.73.